The average Bonchev–Trinajstić information content (AvgIpc) is 3.38. The molecule has 1 amide bonds. The first-order chi connectivity index (χ1) is 16.1. The number of ether oxygens (including phenoxy) is 3. The van der Waals surface area contributed by atoms with Crippen LogP contribution in [0.25, 0.3) is 22.6 Å². The van der Waals surface area contributed by atoms with Crippen LogP contribution in [-0.2, 0) is 11.3 Å². The van der Waals surface area contributed by atoms with Crippen molar-refractivity contribution in [3.63, 3.8) is 0 Å². The summed E-state index contributed by atoms with van der Waals surface area (Å²) < 4.78 is 42.6. The molecule has 0 aliphatic carbocycles. The molecule has 1 aliphatic rings. The smallest absolute Gasteiger partial charge is 0.410 e. The highest BCUT2D eigenvalue weighted by molar-refractivity contribution is 5.81. The van der Waals surface area contributed by atoms with Crippen LogP contribution in [0.4, 0.5) is 13.6 Å². The molecule has 0 saturated carbocycles. The van der Waals surface area contributed by atoms with Gasteiger partial charge in [0, 0.05) is 37.3 Å². The van der Waals surface area contributed by atoms with Crippen molar-refractivity contribution in [2.45, 2.75) is 59.0 Å². The van der Waals surface area contributed by atoms with Gasteiger partial charge in [-0.3, -0.25) is 0 Å². The zero-order valence-corrected chi connectivity index (χ0v) is 19.4. The fraction of sp³-hybridized carbons (Fsp3) is 0.500. The van der Waals surface area contributed by atoms with Gasteiger partial charge in [-0.2, -0.15) is 13.8 Å². The summed E-state index contributed by atoms with van der Waals surface area (Å²) in [4.78, 5) is 31.2. The number of amides is 1. The standard InChI is InChI=1S/C22H26F2N6O4/c1-5-30-17(13-6-7-15(25-10-13)33-20(23)24)28-16-18(30)26-12-27-19(16)32-14-8-9-29(11-14)21(31)34-22(2,3)4/h6-7,10,12,14,20H,5,8-9,11H2,1-4H3/t14-/m0/s1. The quantitative estimate of drug-likeness (QED) is 0.528. The molecule has 1 fully saturated rings. The normalized spacial score (nSPS) is 16.3. The molecule has 0 N–H and O–H groups in total. The van der Waals surface area contributed by atoms with E-state index < -0.39 is 12.2 Å². The zero-order chi connectivity index (χ0) is 24.5. The Kier molecular flexibility index (Phi) is 6.49. The Labute approximate surface area is 194 Å². The van der Waals surface area contributed by atoms with Crippen molar-refractivity contribution in [3.05, 3.63) is 24.7 Å². The second kappa shape index (κ2) is 9.35. The van der Waals surface area contributed by atoms with Crippen LogP contribution in [0.15, 0.2) is 24.7 Å². The lowest BCUT2D eigenvalue weighted by Crippen LogP contribution is -2.36. The van der Waals surface area contributed by atoms with Crippen LogP contribution in [0, 0.1) is 0 Å². The largest absolute Gasteiger partial charge is 0.471 e. The van der Waals surface area contributed by atoms with E-state index in [-0.39, 0.29) is 18.1 Å². The molecular weight excluding hydrogens is 450 g/mol. The van der Waals surface area contributed by atoms with Gasteiger partial charge in [0.2, 0.25) is 11.8 Å². The van der Waals surface area contributed by atoms with Gasteiger partial charge in [0.05, 0.1) is 6.54 Å². The molecule has 0 unspecified atom stereocenters. The lowest BCUT2D eigenvalue weighted by atomic mass is 10.2. The number of aryl methyl sites for hydroxylation is 1. The van der Waals surface area contributed by atoms with E-state index in [1.807, 2.05) is 32.3 Å². The summed E-state index contributed by atoms with van der Waals surface area (Å²) in [6.45, 7) is 5.89. The molecule has 34 heavy (non-hydrogen) atoms. The number of alkyl halides is 2. The molecular formula is C22H26F2N6O4. The first-order valence-electron chi connectivity index (χ1n) is 10.9. The second-order valence-corrected chi connectivity index (χ2v) is 8.75. The number of imidazole rings is 1. The minimum absolute atomic E-state index is 0.183. The molecule has 182 valence electrons. The van der Waals surface area contributed by atoms with E-state index >= 15 is 0 Å². The van der Waals surface area contributed by atoms with Gasteiger partial charge in [-0.1, -0.05) is 0 Å². The van der Waals surface area contributed by atoms with Crippen LogP contribution in [0.2, 0.25) is 0 Å². The van der Waals surface area contributed by atoms with E-state index in [9.17, 15) is 13.6 Å². The summed E-state index contributed by atoms with van der Waals surface area (Å²) in [5.74, 6) is 0.665. The van der Waals surface area contributed by atoms with Crippen LogP contribution in [-0.4, -0.2) is 66.9 Å². The molecule has 1 aliphatic heterocycles. The van der Waals surface area contributed by atoms with E-state index in [0.717, 1.165) is 0 Å². The zero-order valence-electron chi connectivity index (χ0n) is 19.4. The highest BCUT2D eigenvalue weighted by atomic mass is 19.3. The Balaban J connectivity index is 1.56. The van der Waals surface area contributed by atoms with Gasteiger partial charge < -0.3 is 23.7 Å². The van der Waals surface area contributed by atoms with Crippen molar-refractivity contribution >= 4 is 17.3 Å². The van der Waals surface area contributed by atoms with Crippen molar-refractivity contribution in [1.29, 1.82) is 0 Å². The maximum atomic E-state index is 12.4. The number of carbonyl (C=O) groups is 1. The predicted octanol–water partition coefficient (Wildman–Crippen LogP) is 3.90. The number of fused-ring (bicyclic) bond motifs is 1. The first-order valence-corrected chi connectivity index (χ1v) is 10.9. The molecule has 3 aromatic rings. The Bertz CT molecular complexity index is 1160. The molecule has 0 radical (unpaired) electrons. The second-order valence-electron chi connectivity index (χ2n) is 8.75. The van der Waals surface area contributed by atoms with E-state index in [4.69, 9.17) is 9.47 Å². The fourth-order valence-corrected chi connectivity index (χ4v) is 3.67. The van der Waals surface area contributed by atoms with Crippen molar-refractivity contribution in [3.8, 4) is 23.1 Å². The summed E-state index contributed by atoms with van der Waals surface area (Å²) >= 11 is 0. The van der Waals surface area contributed by atoms with E-state index in [1.54, 1.807) is 11.0 Å². The van der Waals surface area contributed by atoms with Gasteiger partial charge in [-0.15, -0.1) is 0 Å². The summed E-state index contributed by atoms with van der Waals surface area (Å²) in [5.41, 5.74) is 1.06. The topological polar surface area (TPSA) is 104 Å². The van der Waals surface area contributed by atoms with Gasteiger partial charge >= 0.3 is 12.7 Å². The summed E-state index contributed by atoms with van der Waals surface area (Å²) in [6, 6.07) is 2.95. The van der Waals surface area contributed by atoms with Crippen molar-refractivity contribution in [1.82, 2.24) is 29.4 Å². The van der Waals surface area contributed by atoms with Crippen LogP contribution in [0.3, 0.4) is 0 Å². The number of pyridine rings is 1. The van der Waals surface area contributed by atoms with Gasteiger partial charge in [0.1, 0.15) is 23.9 Å². The lowest BCUT2D eigenvalue weighted by Gasteiger charge is -2.24. The fourth-order valence-electron chi connectivity index (χ4n) is 3.67. The van der Waals surface area contributed by atoms with Crippen LogP contribution in [0.5, 0.6) is 11.8 Å². The molecule has 1 saturated heterocycles. The third-order valence-corrected chi connectivity index (χ3v) is 5.09. The number of hydrogen-bond donors (Lipinski definition) is 0. The molecule has 4 rings (SSSR count). The van der Waals surface area contributed by atoms with Gasteiger partial charge in [0.15, 0.2) is 11.2 Å². The summed E-state index contributed by atoms with van der Waals surface area (Å²) in [6.07, 6.45) is 2.79. The van der Waals surface area contributed by atoms with Crippen molar-refractivity contribution < 1.29 is 27.8 Å². The monoisotopic (exact) mass is 476 g/mol. The number of hydrogen-bond acceptors (Lipinski definition) is 8. The molecule has 0 aromatic carbocycles. The Morgan fingerprint density at radius 1 is 1.24 bits per heavy atom. The number of rotatable bonds is 6. The number of carbonyl (C=O) groups excluding carboxylic acids is 1. The van der Waals surface area contributed by atoms with E-state index in [2.05, 4.69) is 24.7 Å². The van der Waals surface area contributed by atoms with Crippen molar-refractivity contribution in [2.75, 3.05) is 13.1 Å². The number of likely N-dealkylation sites (tertiary alicyclic amines) is 1. The lowest BCUT2D eigenvalue weighted by molar-refractivity contribution is -0.0528. The molecule has 1 atom stereocenters. The summed E-state index contributed by atoms with van der Waals surface area (Å²) in [7, 11) is 0. The molecule has 10 nitrogen and oxygen atoms in total. The predicted molar refractivity (Wildman–Crippen MR) is 118 cm³/mol. The van der Waals surface area contributed by atoms with E-state index in [1.165, 1.54) is 18.6 Å². The highest BCUT2D eigenvalue weighted by Gasteiger charge is 2.32. The third kappa shape index (κ3) is 5.15. The van der Waals surface area contributed by atoms with Gasteiger partial charge in [-0.05, 0) is 33.8 Å². The molecule has 0 spiro atoms. The maximum Gasteiger partial charge on any atom is 0.410 e. The highest BCUT2D eigenvalue weighted by Crippen LogP contribution is 2.30. The Morgan fingerprint density at radius 2 is 2.03 bits per heavy atom. The first kappa shape index (κ1) is 23.6. The van der Waals surface area contributed by atoms with E-state index in [0.29, 0.717) is 54.5 Å². The van der Waals surface area contributed by atoms with Crippen LogP contribution >= 0.6 is 0 Å². The average molecular weight is 476 g/mol. The third-order valence-electron chi connectivity index (χ3n) is 5.09. The molecule has 0 bridgehead atoms. The number of aromatic nitrogens is 5. The molecule has 3 aromatic heterocycles. The SMILES string of the molecule is CCn1c(-c2ccc(OC(F)F)nc2)nc2c(O[C@H]3CCN(C(=O)OC(C)(C)C)C3)ncnc21. The van der Waals surface area contributed by atoms with Crippen LogP contribution in [0.1, 0.15) is 34.1 Å². The van der Waals surface area contributed by atoms with Gasteiger partial charge in [0.25, 0.3) is 0 Å². The molecule has 4 heterocycles. The minimum Gasteiger partial charge on any atom is -0.471 e. The van der Waals surface area contributed by atoms with Gasteiger partial charge in [-0.25, -0.2) is 19.7 Å². The van der Waals surface area contributed by atoms with Crippen LogP contribution < -0.4 is 9.47 Å². The van der Waals surface area contributed by atoms with Crippen molar-refractivity contribution in [2.24, 2.45) is 0 Å². The summed E-state index contributed by atoms with van der Waals surface area (Å²) in [5, 5.41) is 0. The number of nitrogens with zero attached hydrogens (tertiary/aromatic N) is 6. The molecule has 12 heteroatoms. The Hall–Kier alpha value is -3.57. The maximum absolute atomic E-state index is 12.4. The Morgan fingerprint density at radius 3 is 2.68 bits per heavy atom. The minimum atomic E-state index is -2.95. The number of halogens is 2.